The highest BCUT2D eigenvalue weighted by Crippen LogP contribution is 2.66. The number of likely N-dealkylation sites (N-methyl/N-ethyl adjacent to an activating group) is 2. The van der Waals surface area contributed by atoms with Crippen molar-refractivity contribution in [2.75, 3.05) is 32.1 Å². The van der Waals surface area contributed by atoms with Crippen molar-refractivity contribution in [3.8, 4) is 0 Å². The van der Waals surface area contributed by atoms with E-state index in [1.54, 1.807) is 43.3 Å². The van der Waals surface area contributed by atoms with Gasteiger partial charge in [-0.2, -0.15) is 0 Å². The van der Waals surface area contributed by atoms with Crippen LogP contribution in [0.1, 0.15) is 17.0 Å². The molecule has 0 N–H and O–H groups in total. The Balaban J connectivity index is 1.85. The van der Waals surface area contributed by atoms with E-state index < -0.39 is 27.8 Å². The van der Waals surface area contributed by atoms with Gasteiger partial charge in [-0.15, -0.1) is 6.58 Å². The van der Waals surface area contributed by atoms with Gasteiger partial charge in [-0.3, -0.25) is 19.4 Å². The van der Waals surface area contributed by atoms with Crippen LogP contribution in [0.2, 0.25) is 0 Å². The molecule has 2 fully saturated rings. The summed E-state index contributed by atoms with van der Waals surface area (Å²) in [6.07, 6.45) is 1.57. The van der Waals surface area contributed by atoms with Crippen molar-refractivity contribution in [2.24, 2.45) is 0 Å². The van der Waals surface area contributed by atoms with Crippen LogP contribution in [0.3, 0.4) is 0 Å². The molecule has 5 nitrogen and oxygen atoms in total. The summed E-state index contributed by atoms with van der Waals surface area (Å²) in [4.78, 5) is 33.0. The number of rotatable bonds is 3. The van der Waals surface area contributed by atoms with Crippen molar-refractivity contribution in [3.05, 3.63) is 77.9 Å². The predicted octanol–water partition coefficient (Wildman–Crippen LogP) is 3.65. The Morgan fingerprint density at radius 2 is 1.88 bits per heavy atom. The first-order chi connectivity index (χ1) is 15.7. The minimum Gasteiger partial charge on any atom is -0.313 e. The molecule has 33 heavy (non-hydrogen) atoms. The van der Waals surface area contributed by atoms with E-state index in [9.17, 15) is 18.4 Å². The van der Waals surface area contributed by atoms with Gasteiger partial charge >= 0.3 is 0 Å². The zero-order valence-electron chi connectivity index (χ0n) is 18.0. The van der Waals surface area contributed by atoms with E-state index in [0.29, 0.717) is 21.1 Å². The first-order valence-electron chi connectivity index (χ1n) is 10.4. The smallest absolute Gasteiger partial charge is 0.254 e. The number of carbonyl (C=O) groups excluding carboxylic acids is 2. The Morgan fingerprint density at radius 1 is 1.15 bits per heavy atom. The molecule has 2 spiro atoms. The number of likely N-dealkylation sites (tertiary alicyclic amines) is 1. The van der Waals surface area contributed by atoms with Gasteiger partial charge in [-0.25, -0.2) is 8.78 Å². The van der Waals surface area contributed by atoms with Crippen molar-refractivity contribution in [2.45, 2.75) is 16.2 Å². The lowest BCUT2D eigenvalue weighted by Crippen LogP contribution is -2.62. The average molecular weight is 486 g/mol. The number of thioether (sulfide) groups is 1. The molecule has 2 aromatic carbocycles. The lowest BCUT2D eigenvalue weighted by atomic mass is 9.72. The summed E-state index contributed by atoms with van der Waals surface area (Å²) < 4.78 is 27.7. The molecule has 0 bridgehead atoms. The van der Waals surface area contributed by atoms with E-state index >= 15 is 0 Å². The molecular formula is C24H21F2N3O2S2. The number of hydrogen-bond donors (Lipinski definition) is 0. The van der Waals surface area contributed by atoms with Crippen molar-refractivity contribution < 1.29 is 18.4 Å². The summed E-state index contributed by atoms with van der Waals surface area (Å²) in [5.74, 6) is -2.21. The van der Waals surface area contributed by atoms with E-state index in [1.165, 1.54) is 34.1 Å². The number of thiocarbonyl (C=S) groups is 1. The minimum absolute atomic E-state index is 0.183. The molecule has 170 valence electrons. The Kier molecular flexibility index (Phi) is 5.00. The van der Waals surface area contributed by atoms with E-state index in [0.717, 1.165) is 11.8 Å². The molecule has 0 radical (unpaired) electrons. The number of anilines is 1. The van der Waals surface area contributed by atoms with Gasteiger partial charge in [0.2, 0.25) is 5.91 Å². The summed E-state index contributed by atoms with van der Waals surface area (Å²) in [5, 5.41) is 0. The highest BCUT2D eigenvalue weighted by molar-refractivity contribution is 8.25. The molecule has 3 atom stereocenters. The average Bonchev–Trinajstić information content (AvgIpc) is 3.28. The molecule has 3 aliphatic heterocycles. The van der Waals surface area contributed by atoms with Crippen LogP contribution in [0.25, 0.3) is 0 Å². The number of hydrogen-bond acceptors (Lipinski definition) is 5. The lowest BCUT2D eigenvalue weighted by Gasteiger charge is -2.42. The SMILES string of the molecule is C=CCN1C(=O)C2(SC1=S)C(c1cccc(F)c1)CN(C)C21C(=O)N(C)c2ccc(F)cc21. The molecule has 2 saturated heterocycles. The minimum atomic E-state index is -1.52. The molecule has 5 rings (SSSR count). The second-order valence-corrected chi connectivity index (χ2v) is 10.4. The molecule has 2 amide bonds. The summed E-state index contributed by atoms with van der Waals surface area (Å²) in [5.41, 5.74) is 0.0235. The van der Waals surface area contributed by atoms with Gasteiger partial charge in [0, 0.05) is 37.3 Å². The topological polar surface area (TPSA) is 43.9 Å². The van der Waals surface area contributed by atoms with Crippen molar-refractivity contribution in [1.82, 2.24) is 9.80 Å². The van der Waals surface area contributed by atoms with Crippen LogP contribution < -0.4 is 4.90 Å². The van der Waals surface area contributed by atoms with E-state index in [-0.39, 0.29) is 24.9 Å². The second-order valence-electron chi connectivity index (χ2n) is 8.53. The largest absolute Gasteiger partial charge is 0.313 e. The van der Waals surface area contributed by atoms with Crippen LogP contribution in [0.15, 0.2) is 55.1 Å². The Bertz CT molecular complexity index is 1240. The number of halogens is 2. The molecule has 9 heteroatoms. The Morgan fingerprint density at radius 3 is 2.58 bits per heavy atom. The molecule has 0 saturated carbocycles. The molecule has 3 aliphatic rings. The van der Waals surface area contributed by atoms with Crippen LogP contribution in [0.5, 0.6) is 0 Å². The van der Waals surface area contributed by atoms with Gasteiger partial charge in [0.25, 0.3) is 5.91 Å². The van der Waals surface area contributed by atoms with Crippen molar-refractivity contribution in [3.63, 3.8) is 0 Å². The van der Waals surface area contributed by atoms with Gasteiger partial charge in [0.1, 0.15) is 20.7 Å². The maximum absolute atomic E-state index is 14.6. The molecule has 0 aromatic heterocycles. The quantitative estimate of drug-likeness (QED) is 0.491. The number of nitrogens with zero attached hydrogens (tertiary/aromatic N) is 3. The van der Waals surface area contributed by atoms with Gasteiger partial charge in [0.15, 0.2) is 5.54 Å². The highest BCUT2D eigenvalue weighted by Gasteiger charge is 2.78. The monoisotopic (exact) mass is 485 g/mol. The number of fused-ring (bicyclic) bond motifs is 3. The highest BCUT2D eigenvalue weighted by atomic mass is 32.2. The maximum Gasteiger partial charge on any atom is 0.254 e. The van der Waals surface area contributed by atoms with Crippen LogP contribution in [0, 0.1) is 11.6 Å². The van der Waals surface area contributed by atoms with Gasteiger partial charge < -0.3 is 4.90 Å². The lowest BCUT2D eigenvalue weighted by molar-refractivity contribution is -0.138. The third kappa shape index (κ3) is 2.64. The molecular weight excluding hydrogens is 464 g/mol. The standard InChI is InChI=1S/C24H21F2N3O2S2/c1-4-10-29-21(31)24(33-22(29)32)18(14-6-5-7-15(25)11-14)13-27(2)23(24)17-12-16(26)8-9-19(17)28(3)20(23)30/h4-9,11-12,18H,1,10,13H2,2-3H3. The third-order valence-corrected chi connectivity index (χ3v) is 8.92. The normalized spacial score (nSPS) is 29.1. The maximum atomic E-state index is 14.6. The molecule has 0 aliphatic carbocycles. The molecule has 3 unspecified atom stereocenters. The zero-order chi connectivity index (χ0) is 23.7. The Labute approximate surface area is 200 Å². The zero-order valence-corrected chi connectivity index (χ0v) is 19.7. The van der Waals surface area contributed by atoms with Crippen LogP contribution in [-0.2, 0) is 15.1 Å². The van der Waals surface area contributed by atoms with Crippen LogP contribution in [0.4, 0.5) is 14.5 Å². The van der Waals surface area contributed by atoms with Gasteiger partial charge in [0.05, 0.1) is 0 Å². The predicted molar refractivity (Wildman–Crippen MR) is 128 cm³/mol. The Hall–Kier alpha value is -2.62. The van der Waals surface area contributed by atoms with E-state index in [4.69, 9.17) is 12.2 Å². The summed E-state index contributed by atoms with van der Waals surface area (Å²) >= 11 is 6.74. The van der Waals surface area contributed by atoms with Crippen LogP contribution >= 0.6 is 24.0 Å². The summed E-state index contributed by atoms with van der Waals surface area (Å²) in [7, 11) is 3.37. The second kappa shape index (κ2) is 7.44. The fraction of sp³-hybridized carbons (Fsp3) is 0.292. The third-order valence-electron chi connectivity index (χ3n) is 6.98. The first-order valence-corrected chi connectivity index (χ1v) is 11.6. The fourth-order valence-electron chi connectivity index (χ4n) is 5.68. The number of benzene rings is 2. The van der Waals surface area contributed by atoms with E-state index in [2.05, 4.69) is 6.58 Å². The fourth-order valence-corrected chi connectivity index (χ4v) is 7.83. The summed E-state index contributed by atoms with van der Waals surface area (Å²) in [6, 6.07) is 10.2. The van der Waals surface area contributed by atoms with E-state index in [1.807, 2.05) is 0 Å². The van der Waals surface area contributed by atoms with Crippen molar-refractivity contribution in [1.29, 1.82) is 0 Å². The van der Waals surface area contributed by atoms with Crippen molar-refractivity contribution >= 4 is 45.8 Å². The summed E-state index contributed by atoms with van der Waals surface area (Å²) in [6.45, 7) is 4.19. The van der Waals surface area contributed by atoms with Crippen LogP contribution in [-0.4, -0.2) is 57.9 Å². The number of carbonyl (C=O) groups is 2. The molecule has 3 heterocycles. The number of amides is 2. The van der Waals surface area contributed by atoms with Gasteiger partial charge in [-0.1, -0.05) is 42.2 Å². The first kappa shape index (κ1) is 22.2. The molecule has 2 aromatic rings. The van der Waals surface area contributed by atoms with Gasteiger partial charge in [-0.05, 0) is 42.9 Å².